The maximum Gasteiger partial charge on any atom is 0.145 e. The lowest BCUT2D eigenvalue weighted by atomic mass is 9.96. The number of hydrogen-bond acceptors (Lipinski definition) is 5. The van der Waals surface area contributed by atoms with Crippen molar-refractivity contribution in [3.05, 3.63) is 46.2 Å². The average Bonchev–Trinajstić information content (AvgIpc) is 2.45. The molecule has 0 aliphatic carbocycles. The molecule has 6 heteroatoms. The second kappa shape index (κ2) is 6.41. The van der Waals surface area contributed by atoms with Crippen molar-refractivity contribution in [1.29, 1.82) is 0 Å². The molecule has 0 fully saturated rings. The topological polar surface area (TPSA) is 75.9 Å². The van der Waals surface area contributed by atoms with E-state index >= 15 is 0 Å². The summed E-state index contributed by atoms with van der Waals surface area (Å²) < 4.78 is 1.07. The van der Waals surface area contributed by atoms with E-state index in [1.54, 1.807) is 6.07 Å². The van der Waals surface area contributed by atoms with E-state index in [-0.39, 0.29) is 5.41 Å². The van der Waals surface area contributed by atoms with E-state index < -0.39 is 0 Å². The Bertz CT molecular complexity index is 622. The highest BCUT2D eigenvalue weighted by Gasteiger charge is 2.19. The molecule has 0 amide bonds. The molecule has 0 saturated heterocycles. The number of nitrogens with zero attached hydrogens (tertiary/aromatic N) is 2. The third kappa shape index (κ3) is 4.15. The van der Waals surface area contributed by atoms with Crippen molar-refractivity contribution in [1.82, 2.24) is 9.97 Å². The number of hydrogen-bond donors (Lipinski definition) is 3. The lowest BCUT2D eigenvalue weighted by Crippen LogP contribution is -2.20. The van der Waals surface area contributed by atoms with Gasteiger partial charge in [-0.15, -0.1) is 0 Å². The Morgan fingerprint density at radius 1 is 1.14 bits per heavy atom. The van der Waals surface area contributed by atoms with Crippen LogP contribution in [0.2, 0.25) is 0 Å². The van der Waals surface area contributed by atoms with Gasteiger partial charge in [-0.25, -0.2) is 15.8 Å². The molecule has 2 aromatic rings. The van der Waals surface area contributed by atoms with Gasteiger partial charge in [0.15, 0.2) is 0 Å². The zero-order valence-electron chi connectivity index (χ0n) is 12.4. The summed E-state index contributed by atoms with van der Waals surface area (Å²) in [6.45, 7) is 6.88. The van der Waals surface area contributed by atoms with Gasteiger partial charge in [-0.05, 0) is 11.6 Å². The predicted octanol–water partition coefficient (Wildman–Crippen LogP) is 3.43. The Hall–Kier alpha value is -1.66. The number of anilines is 2. The number of aromatic nitrogens is 2. The first-order chi connectivity index (χ1) is 9.90. The number of nitrogens with one attached hydrogen (secondary N) is 2. The maximum atomic E-state index is 5.49. The van der Waals surface area contributed by atoms with Crippen molar-refractivity contribution in [2.24, 2.45) is 5.84 Å². The fraction of sp³-hybridized carbons (Fsp3) is 0.333. The maximum absolute atomic E-state index is 5.49. The van der Waals surface area contributed by atoms with Crippen LogP contribution in [0, 0.1) is 0 Å². The molecule has 2 rings (SSSR count). The zero-order valence-corrected chi connectivity index (χ0v) is 14.0. The van der Waals surface area contributed by atoms with Gasteiger partial charge in [-0.3, -0.25) is 0 Å². The Morgan fingerprint density at radius 3 is 2.43 bits per heavy atom. The van der Waals surface area contributed by atoms with Crippen LogP contribution in [0.1, 0.15) is 32.2 Å². The molecule has 4 N–H and O–H groups in total. The number of hydrazine groups is 1. The fourth-order valence-electron chi connectivity index (χ4n) is 1.77. The molecule has 112 valence electrons. The summed E-state index contributed by atoms with van der Waals surface area (Å²) in [4.78, 5) is 8.96. The van der Waals surface area contributed by atoms with Crippen molar-refractivity contribution < 1.29 is 0 Å². The summed E-state index contributed by atoms with van der Waals surface area (Å²) in [5.74, 6) is 7.58. The number of benzene rings is 1. The largest absolute Gasteiger partial charge is 0.366 e. The van der Waals surface area contributed by atoms with Crippen LogP contribution in [-0.4, -0.2) is 9.97 Å². The summed E-state index contributed by atoms with van der Waals surface area (Å²) in [6, 6.07) is 9.88. The van der Waals surface area contributed by atoms with Gasteiger partial charge >= 0.3 is 0 Å². The molecule has 0 aliphatic rings. The van der Waals surface area contributed by atoms with E-state index in [0.29, 0.717) is 12.4 Å². The van der Waals surface area contributed by atoms with Crippen LogP contribution in [0.4, 0.5) is 11.6 Å². The highest BCUT2D eigenvalue weighted by Crippen LogP contribution is 2.23. The molecule has 1 heterocycles. The van der Waals surface area contributed by atoms with Crippen molar-refractivity contribution in [3.8, 4) is 0 Å². The molecule has 0 radical (unpaired) electrons. The number of nitrogen functional groups attached to an aromatic ring is 1. The van der Waals surface area contributed by atoms with E-state index in [0.717, 1.165) is 21.7 Å². The van der Waals surface area contributed by atoms with Crippen LogP contribution in [0.3, 0.4) is 0 Å². The second-order valence-electron chi connectivity index (χ2n) is 5.80. The van der Waals surface area contributed by atoms with Gasteiger partial charge in [0.05, 0.1) is 0 Å². The van der Waals surface area contributed by atoms with E-state index in [2.05, 4.69) is 63.5 Å². The number of nitrogens with two attached hydrogens (primary N) is 1. The molecule has 1 aromatic heterocycles. The first-order valence-electron chi connectivity index (χ1n) is 6.73. The van der Waals surface area contributed by atoms with Gasteiger partial charge in [0.2, 0.25) is 0 Å². The SMILES string of the molecule is CC(C)(C)c1nc(NN)cc(NCc2ccccc2Br)n1. The summed E-state index contributed by atoms with van der Waals surface area (Å²) >= 11 is 3.54. The summed E-state index contributed by atoms with van der Waals surface area (Å²) in [5.41, 5.74) is 3.61. The second-order valence-corrected chi connectivity index (χ2v) is 6.66. The summed E-state index contributed by atoms with van der Waals surface area (Å²) in [6.07, 6.45) is 0. The molecular weight excluding hydrogens is 330 g/mol. The van der Waals surface area contributed by atoms with Crippen LogP contribution in [0.25, 0.3) is 0 Å². The van der Waals surface area contributed by atoms with Crippen molar-refractivity contribution in [2.45, 2.75) is 32.7 Å². The Kier molecular flexibility index (Phi) is 4.80. The van der Waals surface area contributed by atoms with E-state index in [4.69, 9.17) is 5.84 Å². The van der Waals surface area contributed by atoms with Crippen molar-refractivity contribution >= 4 is 27.6 Å². The van der Waals surface area contributed by atoms with Gasteiger partial charge < -0.3 is 10.7 Å². The number of rotatable bonds is 4. The van der Waals surface area contributed by atoms with Crippen LogP contribution in [0.15, 0.2) is 34.8 Å². The van der Waals surface area contributed by atoms with Gasteiger partial charge in [-0.2, -0.15) is 0 Å². The monoisotopic (exact) mass is 349 g/mol. The van der Waals surface area contributed by atoms with Crippen molar-refractivity contribution in [3.63, 3.8) is 0 Å². The molecule has 1 aromatic carbocycles. The van der Waals surface area contributed by atoms with Gasteiger partial charge in [0, 0.05) is 22.5 Å². The first-order valence-corrected chi connectivity index (χ1v) is 7.53. The van der Waals surface area contributed by atoms with Gasteiger partial charge in [0.25, 0.3) is 0 Å². The predicted molar refractivity (Wildman–Crippen MR) is 90.0 cm³/mol. The van der Waals surface area contributed by atoms with E-state index in [1.165, 1.54) is 0 Å². The zero-order chi connectivity index (χ0) is 15.5. The smallest absolute Gasteiger partial charge is 0.145 e. The minimum absolute atomic E-state index is 0.142. The normalized spacial score (nSPS) is 11.3. The van der Waals surface area contributed by atoms with Crippen LogP contribution in [-0.2, 0) is 12.0 Å². The molecule has 0 aliphatic heterocycles. The Balaban J connectivity index is 2.22. The number of halogens is 1. The van der Waals surface area contributed by atoms with E-state index in [1.807, 2.05) is 18.2 Å². The van der Waals surface area contributed by atoms with Crippen molar-refractivity contribution in [2.75, 3.05) is 10.7 Å². The molecule has 0 bridgehead atoms. The Labute approximate surface area is 133 Å². The van der Waals surface area contributed by atoms with Crippen LogP contribution < -0.4 is 16.6 Å². The van der Waals surface area contributed by atoms with Gasteiger partial charge in [0.1, 0.15) is 17.5 Å². The fourth-order valence-corrected chi connectivity index (χ4v) is 2.20. The van der Waals surface area contributed by atoms with Crippen LogP contribution >= 0.6 is 15.9 Å². The third-order valence-corrected chi connectivity index (χ3v) is 3.74. The minimum atomic E-state index is -0.142. The highest BCUT2D eigenvalue weighted by atomic mass is 79.9. The summed E-state index contributed by atoms with van der Waals surface area (Å²) in [7, 11) is 0. The third-order valence-electron chi connectivity index (χ3n) is 2.96. The van der Waals surface area contributed by atoms with Crippen LogP contribution in [0.5, 0.6) is 0 Å². The lowest BCUT2D eigenvalue weighted by Gasteiger charge is -2.19. The molecule has 21 heavy (non-hydrogen) atoms. The van der Waals surface area contributed by atoms with E-state index in [9.17, 15) is 0 Å². The molecule has 0 atom stereocenters. The quantitative estimate of drug-likeness (QED) is 0.582. The molecule has 0 saturated carbocycles. The molecule has 0 unspecified atom stereocenters. The molecule has 5 nitrogen and oxygen atoms in total. The highest BCUT2D eigenvalue weighted by molar-refractivity contribution is 9.10. The molecular formula is C15H20BrN5. The first kappa shape index (κ1) is 15.7. The Morgan fingerprint density at radius 2 is 1.81 bits per heavy atom. The van der Waals surface area contributed by atoms with Gasteiger partial charge in [-0.1, -0.05) is 54.9 Å². The minimum Gasteiger partial charge on any atom is -0.366 e. The molecule has 0 spiro atoms. The average molecular weight is 350 g/mol. The standard InChI is InChI=1S/C15H20BrN5/c1-15(2,3)14-19-12(8-13(20-14)21-17)18-9-10-6-4-5-7-11(10)16/h4-8H,9,17H2,1-3H3,(H2,18,19,20,21). The summed E-state index contributed by atoms with van der Waals surface area (Å²) in [5, 5.41) is 3.31. The lowest BCUT2D eigenvalue weighted by molar-refractivity contribution is 0.546.